The molecule has 0 atom stereocenters. The van der Waals surface area contributed by atoms with E-state index in [1.165, 1.54) is 0 Å². The van der Waals surface area contributed by atoms with E-state index >= 15 is 0 Å². The highest BCUT2D eigenvalue weighted by Gasteiger charge is 2.30. The fourth-order valence-electron chi connectivity index (χ4n) is 3.06. The number of hydrogen-bond acceptors (Lipinski definition) is 3. The molecule has 0 aliphatic carbocycles. The highest BCUT2D eigenvalue weighted by Crippen LogP contribution is 2.38. The van der Waals surface area contributed by atoms with Crippen molar-refractivity contribution < 1.29 is 14.3 Å². The minimum absolute atomic E-state index is 0.159. The SMILES string of the molecule is Cc1cc(OCc2ccccc2)cc2c1C(=O)/C(=C/c1ccc(Cl)c(Cl)c1)O2. The minimum Gasteiger partial charge on any atom is -0.489 e. The summed E-state index contributed by atoms with van der Waals surface area (Å²) in [6.07, 6.45) is 1.66. The lowest BCUT2D eigenvalue weighted by atomic mass is 10.0. The van der Waals surface area contributed by atoms with Crippen LogP contribution >= 0.6 is 23.2 Å². The Morgan fingerprint density at radius 3 is 2.54 bits per heavy atom. The van der Waals surface area contributed by atoms with E-state index in [4.69, 9.17) is 32.7 Å². The van der Waals surface area contributed by atoms with Crippen molar-refractivity contribution in [1.82, 2.24) is 0 Å². The van der Waals surface area contributed by atoms with Gasteiger partial charge in [0.25, 0.3) is 0 Å². The monoisotopic (exact) mass is 410 g/mol. The number of fused-ring (bicyclic) bond motifs is 1. The molecule has 1 heterocycles. The lowest BCUT2D eigenvalue weighted by Crippen LogP contribution is -2.00. The standard InChI is InChI=1S/C23H16Cl2O3/c1-14-9-17(27-13-15-5-3-2-4-6-15)12-20-22(14)23(26)21(28-20)11-16-7-8-18(24)19(25)10-16/h2-12H,13H2,1H3/b21-11-. The third-order valence-electron chi connectivity index (χ3n) is 4.43. The predicted molar refractivity (Wildman–Crippen MR) is 111 cm³/mol. The number of aryl methyl sites for hydroxylation is 1. The molecule has 5 heteroatoms. The second-order valence-electron chi connectivity index (χ2n) is 6.50. The highest BCUT2D eigenvalue weighted by molar-refractivity contribution is 6.42. The van der Waals surface area contributed by atoms with Gasteiger partial charge < -0.3 is 9.47 Å². The summed E-state index contributed by atoms with van der Waals surface area (Å²) in [4.78, 5) is 12.8. The molecule has 0 amide bonds. The van der Waals surface area contributed by atoms with E-state index in [1.807, 2.05) is 43.3 Å². The zero-order valence-corrected chi connectivity index (χ0v) is 16.6. The normalized spacial score (nSPS) is 14.1. The number of ketones is 1. The van der Waals surface area contributed by atoms with Gasteiger partial charge in [-0.15, -0.1) is 0 Å². The molecule has 0 aromatic heterocycles. The number of benzene rings is 3. The fourth-order valence-corrected chi connectivity index (χ4v) is 3.36. The van der Waals surface area contributed by atoms with Gasteiger partial charge in [0.1, 0.15) is 18.1 Å². The van der Waals surface area contributed by atoms with Crippen LogP contribution in [0.5, 0.6) is 11.5 Å². The van der Waals surface area contributed by atoms with Crippen LogP contribution in [0.4, 0.5) is 0 Å². The van der Waals surface area contributed by atoms with Gasteiger partial charge in [0, 0.05) is 6.07 Å². The van der Waals surface area contributed by atoms with Gasteiger partial charge in [-0.3, -0.25) is 4.79 Å². The summed E-state index contributed by atoms with van der Waals surface area (Å²) in [5, 5.41) is 0.883. The minimum atomic E-state index is -0.159. The number of ether oxygens (including phenoxy) is 2. The maximum absolute atomic E-state index is 12.8. The van der Waals surface area contributed by atoms with E-state index in [0.717, 1.165) is 16.7 Å². The first-order valence-corrected chi connectivity index (χ1v) is 9.47. The summed E-state index contributed by atoms with van der Waals surface area (Å²) in [5.41, 5.74) is 3.17. The zero-order valence-electron chi connectivity index (χ0n) is 15.0. The number of carbonyl (C=O) groups excluding carboxylic acids is 1. The van der Waals surface area contributed by atoms with Gasteiger partial charge in [0.2, 0.25) is 5.78 Å². The molecule has 3 nitrogen and oxygen atoms in total. The highest BCUT2D eigenvalue weighted by atomic mass is 35.5. The first-order valence-electron chi connectivity index (χ1n) is 8.72. The summed E-state index contributed by atoms with van der Waals surface area (Å²) >= 11 is 12.0. The maximum Gasteiger partial charge on any atom is 0.232 e. The van der Waals surface area contributed by atoms with Crippen molar-refractivity contribution in [2.24, 2.45) is 0 Å². The van der Waals surface area contributed by atoms with E-state index in [1.54, 1.807) is 30.3 Å². The van der Waals surface area contributed by atoms with E-state index in [9.17, 15) is 4.79 Å². The average Bonchev–Trinajstić information content (AvgIpc) is 3.00. The summed E-state index contributed by atoms with van der Waals surface area (Å²) in [6, 6.07) is 18.7. The van der Waals surface area contributed by atoms with Crippen molar-refractivity contribution in [3.05, 3.63) is 98.7 Å². The molecular formula is C23H16Cl2O3. The molecule has 3 aromatic rings. The van der Waals surface area contributed by atoms with E-state index in [2.05, 4.69) is 0 Å². The van der Waals surface area contributed by atoms with Gasteiger partial charge in [-0.1, -0.05) is 59.6 Å². The van der Waals surface area contributed by atoms with Crippen LogP contribution in [0, 0.1) is 6.92 Å². The molecule has 0 N–H and O–H groups in total. The van der Waals surface area contributed by atoms with E-state index in [0.29, 0.717) is 33.7 Å². The van der Waals surface area contributed by atoms with Crippen molar-refractivity contribution >= 4 is 35.1 Å². The Morgan fingerprint density at radius 2 is 1.79 bits per heavy atom. The molecule has 0 bridgehead atoms. The molecule has 0 radical (unpaired) electrons. The van der Waals surface area contributed by atoms with Crippen LogP contribution in [0.15, 0.2) is 66.4 Å². The van der Waals surface area contributed by atoms with Gasteiger partial charge >= 0.3 is 0 Å². The fraction of sp³-hybridized carbons (Fsp3) is 0.0870. The summed E-state index contributed by atoms with van der Waals surface area (Å²) in [6.45, 7) is 2.32. The molecule has 0 saturated heterocycles. The molecule has 28 heavy (non-hydrogen) atoms. The summed E-state index contributed by atoms with van der Waals surface area (Å²) in [7, 11) is 0. The van der Waals surface area contributed by atoms with Crippen molar-refractivity contribution in [1.29, 1.82) is 0 Å². The van der Waals surface area contributed by atoms with Crippen LogP contribution in [-0.4, -0.2) is 5.78 Å². The first-order chi connectivity index (χ1) is 13.5. The van der Waals surface area contributed by atoms with Crippen LogP contribution < -0.4 is 9.47 Å². The smallest absolute Gasteiger partial charge is 0.232 e. The predicted octanol–water partition coefficient (Wildman–Crippen LogP) is 6.50. The Bertz CT molecular complexity index is 1090. The Balaban J connectivity index is 1.58. The Morgan fingerprint density at radius 1 is 1.00 bits per heavy atom. The van der Waals surface area contributed by atoms with Crippen molar-refractivity contribution in [2.75, 3.05) is 0 Å². The molecule has 0 saturated carbocycles. The molecule has 0 fully saturated rings. The lowest BCUT2D eigenvalue weighted by molar-refractivity contribution is 0.101. The van der Waals surface area contributed by atoms with Crippen LogP contribution in [0.3, 0.4) is 0 Å². The van der Waals surface area contributed by atoms with Gasteiger partial charge in [0.15, 0.2) is 5.76 Å². The van der Waals surface area contributed by atoms with Crippen molar-refractivity contribution in [3.63, 3.8) is 0 Å². The van der Waals surface area contributed by atoms with Crippen LogP contribution in [0.1, 0.15) is 27.0 Å². The lowest BCUT2D eigenvalue weighted by Gasteiger charge is -2.09. The number of Topliss-reactive ketones (excluding diaryl/α,β-unsaturated/α-hetero) is 1. The Hall–Kier alpha value is -2.75. The molecule has 0 spiro atoms. The van der Waals surface area contributed by atoms with Gasteiger partial charge in [-0.2, -0.15) is 0 Å². The quantitative estimate of drug-likeness (QED) is 0.460. The number of hydrogen-bond donors (Lipinski definition) is 0. The number of halogens is 2. The van der Waals surface area contributed by atoms with E-state index < -0.39 is 0 Å². The van der Waals surface area contributed by atoms with Crippen LogP contribution in [0.25, 0.3) is 6.08 Å². The van der Waals surface area contributed by atoms with Crippen LogP contribution in [-0.2, 0) is 6.61 Å². The number of rotatable bonds is 4. The largest absolute Gasteiger partial charge is 0.489 e. The molecular weight excluding hydrogens is 395 g/mol. The van der Waals surface area contributed by atoms with Crippen molar-refractivity contribution in [3.8, 4) is 11.5 Å². The van der Waals surface area contributed by atoms with Gasteiger partial charge in [-0.05, 0) is 47.9 Å². The van der Waals surface area contributed by atoms with Crippen LogP contribution in [0.2, 0.25) is 10.0 Å². The molecule has 0 unspecified atom stereocenters. The molecule has 1 aliphatic rings. The second-order valence-corrected chi connectivity index (χ2v) is 7.32. The molecule has 4 rings (SSSR count). The van der Waals surface area contributed by atoms with Gasteiger partial charge in [-0.25, -0.2) is 0 Å². The Kier molecular flexibility index (Phi) is 5.12. The zero-order chi connectivity index (χ0) is 19.7. The van der Waals surface area contributed by atoms with E-state index in [-0.39, 0.29) is 11.5 Å². The maximum atomic E-state index is 12.8. The first kappa shape index (κ1) is 18.6. The summed E-state index contributed by atoms with van der Waals surface area (Å²) in [5.74, 6) is 1.24. The average molecular weight is 411 g/mol. The van der Waals surface area contributed by atoms with Gasteiger partial charge in [0.05, 0.1) is 15.6 Å². The number of carbonyl (C=O) groups is 1. The molecule has 1 aliphatic heterocycles. The second kappa shape index (κ2) is 7.70. The summed E-state index contributed by atoms with van der Waals surface area (Å²) < 4.78 is 11.7. The number of allylic oxidation sites excluding steroid dienone is 1. The van der Waals surface area contributed by atoms with Crippen molar-refractivity contribution in [2.45, 2.75) is 13.5 Å². The molecule has 3 aromatic carbocycles. The Labute approximate surface area is 173 Å². The third kappa shape index (κ3) is 3.77. The topological polar surface area (TPSA) is 35.5 Å². The third-order valence-corrected chi connectivity index (χ3v) is 5.17. The molecule has 140 valence electrons.